The van der Waals surface area contributed by atoms with Crippen molar-refractivity contribution in [3.63, 3.8) is 0 Å². The van der Waals surface area contributed by atoms with Gasteiger partial charge in [0, 0.05) is 25.3 Å². The van der Waals surface area contributed by atoms with Gasteiger partial charge in [0.05, 0.1) is 36.7 Å². The summed E-state index contributed by atoms with van der Waals surface area (Å²) in [7, 11) is 0. The zero-order chi connectivity index (χ0) is 31.4. The third-order valence-electron chi connectivity index (χ3n) is 9.67. The molecule has 43 heavy (non-hydrogen) atoms. The highest BCUT2D eigenvalue weighted by atomic mass is 16.5. The standard InChI is InChI=1S/C34H49N3O6/c1-7-13-22-35(20-8-2)32(41)29-34-19-18-33(11-5,43-34)27(28(34)31(40)37(29)24(10-4)23-38)30(39)36(21-9-3)25-14-16-26(17-15-25)42-12-6/h8-9,14-17,24,27-29,38H,2-3,7,10-13,18-23H2,1,4-6H3/t24-,27+,28-,29?,33-,34?/m0/s1. The molecule has 9 nitrogen and oxygen atoms in total. The van der Waals surface area contributed by atoms with Gasteiger partial charge in [0.2, 0.25) is 17.7 Å². The molecule has 3 fully saturated rings. The van der Waals surface area contributed by atoms with Crippen LogP contribution in [0, 0.1) is 11.8 Å². The summed E-state index contributed by atoms with van der Waals surface area (Å²) in [6.45, 7) is 17.0. The van der Waals surface area contributed by atoms with E-state index in [1.165, 1.54) is 0 Å². The van der Waals surface area contributed by atoms with Gasteiger partial charge in [-0.15, -0.1) is 13.2 Å². The molecule has 4 rings (SSSR count). The van der Waals surface area contributed by atoms with Gasteiger partial charge in [-0.2, -0.15) is 0 Å². The lowest BCUT2D eigenvalue weighted by atomic mass is 9.64. The van der Waals surface area contributed by atoms with Crippen LogP contribution in [0.4, 0.5) is 5.69 Å². The average Bonchev–Trinajstić information content (AvgIpc) is 3.62. The molecule has 236 valence electrons. The molecule has 1 aromatic carbocycles. The van der Waals surface area contributed by atoms with Crippen molar-refractivity contribution in [2.24, 2.45) is 11.8 Å². The van der Waals surface area contributed by atoms with E-state index >= 15 is 0 Å². The molecular formula is C34H49N3O6. The molecule has 3 saturated heterocycles. The molecule has 1 N–H and O–H groups in total. The molecule has 0 aliphatic carbocycles. The van der Waals surface area contributed by atoms with Crippen LogP contribution in [0.3, 0.4) is 0 Å². The SMILES string of the molecule is C=CCN(CCCC)C(=O)C1N([C@@H](CC)CO)C(=O)[C@@H]2[C@H](C(=O)N(CC=C)c3ccc(OCC)cc3)[C@]3(CC)CCC12O3. The molecular weight excluding hydrogens is 546 g/mol. The van der Waals surface area contributed by atoms with E-state index in [0.717, 1.165) is 12.8 Å². The first-order valence-electron chi connectivity index (χ1n) is 15.9. The number of rotatable bonds is 16. The topological polar surface area (TPSA) is 99.6 Å². The van der Waals surface area contributed by atoms with Gasteiger partial charge < -0.3 is 29.3 Å². The Labute approximate surface area is 256 Å². The van der Waals surface area contributed by atoms with Gasteiger partial charge in [-0.1, -0.05) is 39.3 Å². The first kappa shape index (κ1) is 32.7. The minimum absolute atomic E-state index is 0.203. The highest BCUT2D eigenvalue weighted by Gasteiger charge is 2.79. The van der Waals surface area contributed by atoms with Crippen LogP contribution in [0.15, 0.2) is 49.6 Å². The fourth-order valence-electron chi connectivity index (χ4n) is 7.60. The number of nitrogens with zero attached hydrogens (tertiary/aromatic N) is 3. The number of unbranched alkanes of at least 4 members (excludes halogenated alkanes) is 1. The molecule has 1 spiro atoms. The number of anilines is 1. The second-order valence-electron chi connectivity index (χ2n) is 11.9. The minimum Gasteiger partial charge on any atom is -0.494 e. The van der Waals surface area contributed by atoms with Crippen molar-refractivity contribution in [3.05, 3.63) is 49.6 Å². The van der Waals surface area contributed by atoms with Crippen molar-refractivity contribution in [1.82, 2.24) is 9.80 Å². The van der Waals surface area contributed by atoms with Crippen LogP contribution in [0.1, 0.15) is 66.2 Å². The Morgan fingerprint density at radius 3 is 2.37 bits per heavy atom. The number of hydrogen-bond donors (Lipinski definition) is 1. The van der Waals surface area contributed by atoms with Gasteiger partial charge >= 0.3 is 0 Å². The largest absolute Gasteiger partial charge is 0.494 e. The highest BCUT2D eigenvalue weighted by molar-refractivity contribution is 6.03. The zero-order valence-electron chi connectivity index (χ0n) is 26.3. The molecule has 3 aliphatic heterocycles. The Balaban J connectivity index is 1.81. The third-order valence-corrected chi connectivity index (χ3v) is 9.67. The number of carbonyl (C=O) groups excluding carboxylic acids is 3. The van der Waals surface area contributed by atoms with Crippen LogP contribution < -0.4 is 9.64 Å². The number of amides is 3. The molecule has 3 aliphatic rings. The number of fused-ring (bicyclic) bond motifs is 1. The lowest BCUT2D eigenvalue weighted by Gasteiger charge is -2.39. The smallest absolute Gasteiger partial charge is 0.248 e. The molecule has 3 amide bonds. The molecule has 0 aromatic heterocycles. The second-order valence-corrected chi connectivity index (χ2v) is 11.9. The summed E-state index contributed by atoms with van der Waals surface area (Å²) < 4.78 is 12.6. The van der Waals surface area contributed by atoms with E-state index in [2.05, 4.69) is 20.1 Å². The second kappa shape index (κ2) is 13.6. The summed E-state index contributed by atoms with van der Waals surface area (Å²) in [5.41, 5.74) is -1.36. The maximum atomic E-state index is 14.7. The number of hydrogen-bond acceptors (Lipinski definition) is 6. The van der Waals surface area contributed by atoms with Crippen molar-refractivity contribution in [2.75, 3.05) is 37.7 Å². The van der Waals surface area contributed by atoms with Gasteiger partial charge in [0.1, 0.15) is 17.4 Å². The maximum absolute atomic E-state index is 14.7. The summed E-state index contributed by atoms with van der Waals surface area (Å²) in [5, 5.41) is 10.4. The minimum atomic E-state index is -1.16. The number of benzene rings is 1. The molecule has 6 atom stereocenters. The fraction of sp³-hybridized carbons (Fsp3) is 0.618. The molecule has 1 aromatic rings. The normalized spacial score (nSPS) is 28.0. The van der Waals surface area contributed by atoms with E-state index in [9.17, 15) is 19.5 Å². The number of carbonyl (C=O) groups is 3. The lowest BCUT2D eigenvalue weighted by molar-refractivity contribution is -0.156. The summed E-state index contributed by atoms with van der Waals surface area (Å²) in [6, 6.07) is 5.83. The predicted molar refractivity (Wildman–Crippen MR) is 167 cm³/mol. The van der Waals surface area contributed by atoms with Gasteiger partial charge in [-0.05, 0) is 63.3 Å². The molecule has 2 unspecified atom stereocenters. The lowest BCUT2D eigenvalue weighted by Crippen LogP contribution is -2.59. The zero-order valence-corrected chi connectivity index (χ0v) is 26.3. The molecule has 0 saturated carbocycles. The van der Waals surface area contributed by atoms with E-state index in [1.807, 2.05) is 45.0 Å². The van der Waals surface area contributed by atoms with Gasteiger partial charge in [0.25, 0.3) is 0 Å². The van der Waals surface area contributed by atoms with Gasteiger partial charge in [0.15, 0.2) is 0 Å². The number of aliphatic hydroxyl groups excluding tert-OH is 1. The van der Waals surface area contributed by atoms with Gasteiger partial charge in [-0.3, -0.25) is 14.4 Å². The van der Waals surface area contributed by atoms with Crippen LogP contribution >= 0.6 is 0 Å². The Hall–Kier alpha value is -3.17. The Bertz CT molecular complexity index is 1180. The maximum Gasteiger partial charge on any atom is 0.248 e. The third kappa shape index (κ3) is 5.50. The quantitative estimate of drug-likeness (QED) is 0.286. The summed E-state index contributed by atoms with van der Waals surface area (Å²) in [6.07, 6.45) is 7.16. The molecule has 9 heteroatoms. The highest BCUT2D eigenvalue weighted by Crippen LogP contribution is 2.65. The van der Waals surface area contributed by atoms with Crippen molar-refractivity contribution in [2.45, 2.75) is 89.5 Å². The molecule has 0 radical (unpaired) electrons. The first-order chi connectivity index (χ1) is 20.7. The summed E-state index contributed by atoms with van der Waals surface area (Å²) in [5.74, 6) is -1.63. The summed E-state index contributed by atoms with van der Waals surface area (Å²) in [4.78, 5) is 48.7. The monoisotopic (exact) mass is 595 g/mol. The van der Waals surface area contributed by atoms with Crippen molar-refractivity contribution in [1.29, 1.82) is 0 Å². The van der Waals surface area contributed by atoms with Crippen molar-refractivity contribution < 1.29 is 29.0 Å². The van der Waals surface area contributed by atoms with E-state index in [-0.39, 0.29) is 30.9 Å². The average molecular weight is 596 g/mol. The number of aliphatic hydroxyl groups is 1. The number of likely N-dealkylation sites (tertiary alicyclic amines) is 1. The molecule has 3 heterocycles. The Kier molecular flexibility index (Phi) is 10.4. The van der Waals surface area contributed by atoms with Crippen molar-refractivity contribution >= 4 is 23.4 Å². The van der Waals surface area contributed by atoms with Crippen LogP contribution in [-0.4, -0.2) is 88.8 Å². The van der Waals surface area contributed by atoms with E-state index in [4.69, 9.17) is 9.47 Å². The first-order valence-corrected chi connectivity index (χ1v) is 15.9. The predicted octanol–water partition coefficient (Wildman–Crippen LogP) is 4.34. The number of ether oxygens (including phenoxy) is 2. The Morgan fingerprint density at radius 2 is 1.81 bits per heavy atom. The van der Waals surface area contributed by atoms with Crippen LogP contribution in [-0.2, 0) is 19.1 Å². The van der Waals surface area contributed by atoms with Gasteiger partial charge in [-0.25, -0.2) is 0 Å². The molecule has 2 bridgehead atoms. The van der Waals surface area contributed by atoms with Crippen LogP contribution in [0.25, 0.3) is 0 Å². The van der Waals surface area contributed by atoms with Crippen LogP contribution in [0.2, 0.25) is 0 Å². The fourth-order valence-corrected chi connectivity index (χ4v) is 7.60. The van der Waals surface area contributed by atoms with E-state index < -0.39 is 35.1 Å². The van der Waals surface area contributed by atoms with E-state index in [0.29, 0.717) is 56.8 Å². The van der Waals surface area contributed by atoms with Crippen LogP contribution in [0.5, 0.6) is 5.75 Å². The van der Waals surface area contributed by atoms with E-state index in [1.54, 1.807) is 26.9 Å². The summed E-state index contributed by atoms with van der Waals surface area (Å²) >= 11 is 0. The van der Waals surface area contributed by atoms with Crippen molar-refractivity contribution in [3.8, 4) is 5.75 Å². The Morgan fingerprint density at radius 1 is 1.12 bits per heavy atom.